The summed E-state index contributed by atoms with van der Waals surface area (Å²) in [7, 11) is 0. The van der Waals surface area contributed by atoms with Crippen molar-refractivity contribution >= 4 is 17.0 Å². The molecule has 282 valence electrons. The molecule has 3 unspecified atom stereocenters. The predicted molar refractivity (Wildman–Crippen MR) is 242 cm³/mol. The molecule has 3 nitrogen and oxygen atoms in total. The highest BCUT2D eigenvalue weighted by molar-refractivity contribution is 6.09. The molecule has 0 amide bonds. The van der Waals surface area contributed by atoms with E-state index >= 15 is 0 Å². The van der Waals surface area contributed by atoms with Crippen LogP contribution in [0.3, 0.4) is 0 Å². The SMILES string of the molecule is C1=CC2=C3C(=C(c4ccccc4)CC2C=C1)c1ccc(C2=NC(c4ccccc4)NC(c4cccc(-c5ccccc5)c4)N2)cc1C3(c1ccccc1)c1ccccc1. The average Bonchev–Trinajstić information content (AvgIpc) is 3.64. The van der Waals surface area contributed by atoms with E-state index in [2.05, 4.69) is 229 Å². The third-order valence-electron chi connectivity index (χ3n) is 12.6. The predicted octanol–water partition coefficient (Wildman–Crippen LogP) is 12.4. The summed E-state index contributed by atoms with van der Waals surface area (Å²) >= 11 is 0. The lowest BCUT2D eigenvalue weighted by atomic mass is 9.62. The fraction of sp³-hybridized carbons (Fsp3) is 0.0893. The lowest BCUT2D eigenvalue weighted by Gasteiger charge is -2.39. The van der Waals surface area contributed by atoms with E-state index in [0.29, 0.717) is 0 Å². The fourth-order valence-corrected chi connectivity index (χ4v) is 9.96. The number of hydrogen-bond acceptors (Lipinski definition) is 3. The zero-order chi connectivity index (χ0) is 39.2. The van der Waals surface area contributed by atoms with E-state index < -0.39 is 5.41 Å². The fourth-order valence-electron chi connectivity index (χ4n) is 9.96. The molecule has 7 aromatic rings. The number of allylic oxidation sites excluding steroid dienone is 8. The molecule has 0 fully saturated rings. The maximum atomic E-state index is 5.47. The summed E-state index contributed by atoms with van der Waals surface area (Å²) in [6.07, 6.45) is 9.75. The van der Waals surface area contributed by atoms with Gasteiger partial charge in [-0.25, -0.2) is 4.99 Å². The number of nitrogens with one attached hydrogen (secondary N) is 2. The van der Waals surface area contributed by atoms with Gasteiger partial charge in [0.05, 0.1) is 5.41 Å². The summed E-state index contributed by atoms with van der Waals surface area (Å²) in [4.78, 5) is 5.47. The Balaban J connectivity index is 1.15. The van der Waals surface area contributed by atoms with Crippen LogP contribution < -0.4 is 10.6 Å². The quantitative estimate of drug-likeness (QED) is 0.170. The van der Waals surface area contributed by atoms with Gasteiger partial charge < -0.3 is 5.32 Å². The highest BCUT2D eigenvalue weighted by Gasteiger charge is 2.52. The minimum atomic E-state index is -0.581. The van der Waals surface area contributed by atoms with E-state index in [1.165, 1.54) is 61.2 Å². The van der Waals surface area contributed by atoms with Crippen molar-refractivity contribution < 1.29 is 0 Å². The van der Waals surface area contributed by atoms with Crippen LogP contribution in [0.15, 0.2) is 235 Å². The molecule has 0 saturated heterocycles. The van der Waals surface area contributed by atoms with E-state index in [0.717, 1.165) is 28.9 Å². The first-order valence-corrected chi connectivity index (χ1v) is 20.7. The number of amidine groups is 1. The Morgan fingerprint density at radius 1 is 0.525 bits per heavy atom. The summed E-state index contributed by atoms with van der Waals surface area (Å²) in [6.45, 7) is 0. The Labute approximate surface area is 346 Å². The highest BCUT2D eigenvalue weighted by atomic mass is 15.3. The minimum absolute atomic E-state index is 0.183. The van der Waals surface area contributed by atoms with Gasteiger partial charge in [-0.1, -0.05) is 206 Å². The van der Waals surface area contributed by atoms with E-state index in [9.17, 15) is 0 Å². The molecule has 0 saturated carbocycles. The van der Waals surface area contributed by atoms with Gasteiger partial charge in [0.15, 0.2) is 0 Å². The van der Waals surface area contributed by atoms with Crippen LogP contribution >= 0.6 is 0 Å². The van der Waals surface area contributed by atoms with Gasteiger partial charge in [0.2, 0.25) is 0 Å². The summed E-state index contributed by atoms with van der Waals surface area (Å²) in [5.74, 6) is 1.14. The largest absolute Gasteiger partial charge is 0.350 e. The third kappa shape index (κ3) is 5.97. The molecule has 0 radical (unpaired) electrons. The summed E-state index contributed by atoms with van der Waals surface area (Å²) < 4.78 is 0. The van der Waals surface area contributed by atoms with Gasteiger partial charge in [0.25, 0.3) is 0 Å². The average molecular weight is 758 g/mol. The van der Waals surface area contributed by atoms with E-state index in [-0.39, 0.29) is 18.2 Å². The van der Waals surface area contributed by atoms with Crippen molar-refractivity contribution in [3.8, 4) is 11.1 Å². The van der Waals surface area contributed by atoms with Crippen LogP contribution in [0.4, 0.5) is 0 Å². The maximum absolute atomic E-state index is 5.47. The molecule has 1 heterocycles. The smallest absolute Gasteiger partial charge is 0.131 e. The van der Waals surface area contributed by atoms with Crippen molar-refractivity contribution in [2.75, 3.05) is 0 Å². The molecule has 3 heteroatoms. The number of fused-ring (bicyclic) bond motifs is 4. The molecule has 0 spiro atoms. The minimum Gasteiger partial charge on any atom is -0.350 e. The molecule has 59 heavy (non-hydrogen) atoms. The lowest BCUT2D eigenvalue weighted by molar-refractivity contribution is 0.409. The van der Waals surface area contributed by atoms with Gasteiger partial charge in [-0.15, -0.1) is 0 Å². The van der Waals surface area contributed by atoms with Crippen molar-refractivity contribution in [3.63, 3.8) is 0 Å². The summed E-state index contributed by atoms with van der Waals surface area (Å²) in [5, 5.41) is 7.75. The van der Waals surface area contributed by atoms with Gasteiger partial charge in [-0.3, -0.25) is 5.32 Å². The van der Waals surface area contributed by atoms with Crippen LogP contribution in [0.2, 0.25) is 0 Å². The van der Waals surface area contributed by atoms with Crippen LogP contribution in [-0.2, 0) is 5.41 Å². The summed E-state index contributed by atoms with van der Waals surface area (Å²) in [6, 6.07) is 70.6. The molecule has 0 bridgehead atoms. The number of aliphatic imine (C=N–C) groups is 1. The topological polar surface area (TPSA) is 36.4 Å². The zero-order valence-electron chi connectivity index (χ0n) is 32.7. The van der Waals surface area contributed by atoms with Crippen LogP contribution in [0.5, 0.6) is 0 Å². The lowest BCUT2D eigenvalue weighted by Crippen LogP contribution is -2.45. The number of hydrogen-bond donors (Lipinski definition) is 2. The molecule has 2 N–H and O–H groups in total. The number of benzene rings is 7. The molecule has 7 aromatic carbocycles. The molecule has 0 aromatic heterocycles. The third-order valence-corrected chi connectivity index (χ3v) is 12.6. The van der Waals surface area contributed by atoms with Crippen molar-refractivity contribution in [1.29, 1.82) is 0 Å². The van der Waals surface area contributed by atoms with Crippen LogP contribution in [0, 0.1) is 5.92 Å². The first-order valence-electron chi connectivity index (χ1n) is 20.7. The Morgan fingerprint density at radius 3 is 1.83 bits per heavy atom. The van der Waals surface area contributed by atoms with Crippen molar-refractivity contribution in [2.24, 2.45) is 10.9 Å². The van der Waals surface area contributed by atoms with Crippen LogP contribution in [0.25, 0.3) is 22.3 Å². The molecular weight excluding hydrogens is 715 g/mol. The first kappa shape index (κ1) is 35.1. The van der Waals surface area contributed by atoms with Gasteiger partial charge >= 0.3 is 0 Å². The standard InChI is InChI=1S/C56H43N3/c1-6-19-38(20-7-1)41-26-18-27-43(35-41)54-57-53(40-23-10-3-11-24-40)58-55(59-54)44-33-34-48-50(37-44)56(45-28-12-4-13-29-45,46-30-14-5-15-31-46)52-47-32-17-16-25-42(47)36-49(51(48)52)39-21-8-2-9-22-39/h1-35,37,42,53-54,57H,36H2,(H,58,59). The number of rotatable bonds is 7. The molecule has 3 aliphatic carbocycles. The highest BCUT2D eigenvalue weighted by Crippen LogP contribution is 2.63. The van der Waals surface area contributed by atoms with Crippen LogP contribution in [0.1, 0.15) is 63.3 Å². The Hall–Kier alpha value is -7.07. The number of nitrogens with zero attached hydrogens (tertiary/aromatic N) is 1. The van der Waals surface area contributed by atoms with E-state index in [4.69, 9.17) is 4.99 Å². The van der Waals surface area contributed by atoms with E-state index in [1.54, 1.807) is 0 Å². The molecule has 1 aliphatic heterocycles. The van der Waals surface area contributed by atoms with Gasteiger partial charge in [-0.05, 0) is 90.9 Å². The monoisotopic (exact) mass is 757 g/mol. The molecular formula is C56H43N3. The van der Waals surface area contributed by atoms with Crippen molar-refractivity contribution in [3.05, 3.63) is 274 Å². The summed E-state index contributed by atoms with van der Waals surface area (Å²) in [5.41, 5.74) is 17.0. The van der Waals surface area contributed by atoms with Gasteiger partial charge in [0, 0.05) is 11.5 Å². The second-order valence-corrected chi connectivity index (χ2v) is 15.9. The van der Waals surface area contributed by atoms with Crippen molar-refractivity contribution in [1.82, 2.24) is 10.6 Å². The van der Waals surface area contributed by atoms with Crippen LogP contribution in [-0.4, -0.2) is 5.84 Å². The Bertz CT molecular complexity index is 2790. The second-order valence-electron chi connectivity index (χ2n) is 15.9. The second kappa shape index (κ2) is 14.7. The Kier molecular flexibility index (Phi) is 8.75. The first-order chi connectivity index (χ1) is 29.3. The normalized spacial score (nSPS) is 20.0. The van der Waals surface area contributed by atoms with Crippen molar-refractivity contribution in [2.45, 2.75) is 24.2 Å². The Morgan fingerprint density at radius 2 is 1.14 bits per heavy atom. The molecule has 3 atom stereocenters. The van der Waals surface area contributed by atoms with E-state index in [1.807, 2.05) is 0 Å². The molecule has 11 rings (SSSR count). The molecule has 4 aliphatic rings. The van der Waals surface area contributed by atoms with Gasteiger partial charge in [-0.2, -0.15) is 0 Å². The van der Waals surface area contributed by atoms with Gasteiger partial charge in [0.1, 0.15) is 18.2 Å². The zero-order valence-corrected chi connectivity index (χ0v) is 32.7. The maximum Gasteiger partial charge on any atom is 0.131 e.